The highest BCUT2D eigenvalue weighted by atomic mass is 14.7. The van der Waals surface area contributed by atoms with Gasteiger partial charge in [-0.25, -0.2) is 0 Å². The van der Waals surface area contributed by atoms with E-state index in [0.29, 0.717) is 0 Å². The van der Waals surface area contributed by atoms with Crippen molar-refractivity contribution in [3.8, 4) is 0 Å². The van der Waals surface area contributed by atoms with Gasteiger partial charge < -0.3 is 0 Å². The lowest BCUT2D eigenvalue weighted by Gasteiger charge is -1.97. The molecule has 0 aromatic heterocycles. The summed E-state index contributed by atoms with van der Waals surface area (Å²) in [4.78, 5) is 4.01. The minimum Gasteiger partial charge on any atom is -0.269 e. The molecule has 0 saturated carbocycles. The number of rotatable bonds is 3. The summed E-state index contributed by atoms with van der Waals surface area (Å²) in [7, 11) is 0. The maximum Gasteiger partial charge on any atom is 0.0298 e. The Morgan fingerprint density at radius 2 is 2.00 bits per heavy atom. The Kier molecular flexibility index (Phi) is 5.09. The normalized spacial score (nSPS) is 14.1. The SMILES string of the molecule is C=CC(=C\C)/C(C)=C/N=CC. The number of aliphatic imine (C=N–C) groups is 1. The van der Waals surface area contributed by atoms with Crippen molar-refractivity contribution in [1.29, 1.82) is 0 Å². The molecule has 0 unspecified atom stereocenters. The summed E-state index contributed by atoms with van der Waals surface area (Å²) >= 11 is 0. The lowest BCUT2D eigenvalue weighted by atomic mass is 10.1. The molecule has 0 N–H and O–H groups in total. The van der Waals surface area contributed by atoms with Gasteiger partial charge in [-0.15, -0.1) is 0 Å². The molecule has 0 atom stereocenters. The molecule has 0 fully saturated rings. The largest absolute Gasteiger partial charge is 0.269 e. The summed E-state index contributed by atoms with van der Waals surface area (Å²) in [6, 6.07) is 0. The topological polar surface area (TPSA) is 12.4 Å². The van der Waals surface area contributed by atoms with Gasteiger partial charge in [0.2, 0.25) is 0 Å². The van der Waals surface area contributed by atoms with E-state index in [4.69, 9.17) is 0 Å². The molecule has 1 heteroatoms. The third-order valence-corrected chi connectivity index (χ3v) is 1.40. The molecule has 0 spiro atoms. The van der Waals surface area contributed by atoms with Crippen LogP contribution < -0.4 is 0 Å². The molecule has 0 aromatic rings. The third-order valence-electron chi connectivity index (χ3n) is 1.40. The molecule has 0 rings (SSSR count). The van der Waals surface area contributed by atoms with Crippen molar-refractivity contribution in [2.45, 2.75) is 20.8 Å². The van der Waals surface area contributed by atoms with Gasteiger partial charge in [0.25, 0.3) is 0 Å². The van der Waals surface area contributed by atoms with E-state index in [0.717, 1.165) is 11.1 Å². The first-order valence-corrected chi connectivity index (χ1v) is 3.70. The molecule has 11 heavy (non-hydrogen) atoms. The van der Waals surface area contributed by atoms with Gasteiger partial charge in [0.05, 0.1) is 0 Å². The van der Waals surface area contributed by atoms with Crippen LogP contribution in [-0.4, -0.2) is 6.21 Å². The lowest BCUT2D eigenvalue weighted by Crippen LogP contribution is -1.78. The summed E-state index contributed by atoms with van der Waals surface area (Å²) in [5.41, 5.74) is 2.27. The van der Waals surface area contributed by atoms with Crippen molar-refractivity contribution < 1.29 is 0 Å². The molecule has 0 radical (unpaired) electrons. The quantitative estimate of drug-likeness (QED) is 0.432. The fourth-order valence-corrected chi connectivity index (χ4v) is 0.767. The van der Waals surface area contributed by atoms with Crippen LogP contribution in [0.1, 0.15) is 20.8 Å². The predicted octanol–water partition coefficient (Wildman–Crippen LogP) is 3.11. The van der Waals surface area contributed by atoms with Crippen molar-refractivity contribution in [2.75, 3.05) is 0 Å². The Hall–Kier alpha value is -1.11. The summed E-state index contributed by atoms with van der Waals surface area (Å²) in [5, 5.41) is 0. The minimum atomic E-state index is 1.13. The standard InChI is InChI=1S/C10H15N/c1-5-10(6-2)9(4)8-11-7-3/h5-8H,1H2,2-4H3/b9-8+,10-6+,11-7?. The third kappa shape index (κ3) is 3.56. The highest BCUT2D eigenvalue weighted by molar-refractivity contribution is 5.54. The van der Waals surface area contributed by atoms with Crippen LogP contribution >= 0.6 is 0 Å². The number of hydrogen-bond donors (Lipinski definition) is 0. The van der Waals surface area contributed by atoms with Gasteiger partial charge in [0.15, 0.2) is 0 Å². The van der Waals surface area contributed by atoms with Crippen LogP contribution in [0.15, 0.2) is 41.1 Å². The van der Waals surface area contributed by atoms with E-state index in [1.807, 2.05) is 39.1 Å². The molecule has 0 aliphatic carbocycles. The van der Waals surface area contributed by atoms with Gasteiger partial charge in [-0.05, 0) is 31.9 Å². The van der Waals surface area contributed by atoms with Crippen molar-refractivity contribution in [3.63, 3.8) is 0 Å². The monoisotopic (exact) mass is 149 g/mol. The first-order chi connectivity index (χ1) is 5.26. The van der Waals surface area contributed by atoms with E-state index in [1.165, 1.54) is 0 Å². The Balaban J connectivity index is 4.44. The highest BCUT2D eigenvalue weighted by Gasteiger charge is 1.90. The van der Waals surface area contributed by atoms with Crippen LogP contribution in [0.25, 0.3) is 0 Å². The van der Waals surface area contributed by atoms with Crippen molar-refractivity contribution in [3.05, 3.63) is 36.1 Å². The second-order valence-corrected chi connectivity index (χ2v) is 2.17. The van der Waals surface area contributed by atoms with E-state index in [1.54, 1.807) is 6.21 Å². The minimum absolute atomic E-state index is 1.13. The van der Waals surface area contributed by atoms with Gasteiger partial charge >= 0.3 is 0 Å². The zero-order valence-electron chi connectivity index (χ0n) is 7.46. The summed E-state index contributed by atoms with van der Waals surface area (Å²) in [6.45, 7) is 9.60. The molecular formula is C10H15N. The van der Waals surface area contributed by atoms with Crippen LogP contribution in [0.5, 0.6) is 0 Å². The van der Waals surface area contributed by atoms with Gasteiger partial charge in [0, 0.05) is 12.4 Å². The highest BCUT2D eigenvalue weighted by Crippen LogP contribution is 2.09. The summed E-state index contributed by atoms with van der Waals surface area (Å²) in [6.07, 6.45) is 7.44. The fourth-order valence-electron chi connectivity index (χ4n) is 0.767. The molecule has 60 valence electrons. The summed E-state index contributed by atoms with van der Waals surface area (Å²) < 4.78 is 0. The zero-order valence-corrected chi connectivity index (χ0v) is 7.46. The maximum atomic E-state index is 4.01. The molecule has 0 bridgehead atoms. The molecule has 0 saturated heterocycles. The van der Waals surface area contributed by atoms with Gasteiger partial charge in [-0.3, -0.25) is 4.99 Å². The Labute approximate surface area is 68.9 Å². The predicted molar refractivity (Wildman–Crippen MR) is 51.9 cm³/mol. The van der Waals surface area contributed by atoms with Crippen molar-refractivity contribution >= 4 is 6.21 Å². The molecule has 0 aliphatic rings. The molecule has 1 nitrogen and oxygen atoms in total. The molecular weight excluding hydrogens is 134 g/mol. The van der Waals surface area contributed by atoms with E-state index < -0.39 is 0 Å². The average molecular weight is 149 g/mol. The van der Waals surface area contributed by atoms with E-state index in [9.17, 15) is 0 Å². The number of hydrogen-bond acceptors (Lipinski definition) is 1. The second-order valence-electron chi connectivity index (χ2n) is 2.17. The molecule has 0 aromatic carbocycles. The first-order valence-electron chi connectivity index (χ1n) is 3.70. The van der Waals surface area contributed by atoms with Crippen LogP contribution in [0.2, 0.25) is 0 Å². The van der Waals surface area contributed by atoms with Gasteiger partial charge in [-0.2, -0.15) is 0 Å². The fraction of sp³-hybridized carbons (Fsp3) is 0.300. The Morgan fingerprint density at radius 1 is 1.36 bits per heavy atom. The van der Waals surface area contributed by atoms with Gasteiger partial charge in [-0.1, -0.05) is 18.7 Å². The van der Waals surface area contributed by atoms with Crippen molar-refractivity contribution in [2.24, 2.45) is 4.99 Å². The van der Waals surface area contributed by atoms with Gasteiger partial charge in [0.1, 0.15) is 0 Å². The van der Waals surface area contributed by atoms with Crippen LogP contribution in [0.3, 0.4) is 0 Å². The van der Waals surface area contributed by atoms with Crippen LogP contribution in [0.4, 0.5) is 0 Å². The Morgan fingerprint density at radius 3 is 2.36 bits per heavy atom. The Bertz CT molecular complexity index is 207. The maximum absolute atomic E-state index is 4.01. The van der Waals surface area contributed by atoms with E-state index >= 15 is 0 Å². The van der Waals surface area contributed by atoms with Crippen LogP contribution in [-0.2, 0) is 0 Å². The lowest BCUT2D eigenvalue weighted by molar-refractivity contribution is 1.36. The molecule has 0 heterocycles. The zero-order chi connectivity index (χ0) is 8.69. The number of allylic oxidation sites excluding steroid dienone is 4. The molecule has 0 amide bonds. The van der Waals surface area contributed by atoms with E-state index in [2.05, 4.69) is 11.6 Å². The van der Waals surface area contributed by atoms with Crippen LogP contribution in [0, 0.1) is 0 Å². The van der Waals surface area contributed by atoms with E-state index in [-0.39, 0.29) is 0 Å². The second kappa shape index (κ2) is 5.66. The summed E-state index contributed by atoms with van der Waals surface area (Å²) in [5.74, 6) is 0. The first kappa shape index (κ1) is 9.89. The average Bonchev–Trinajstić information content (AvgIpc) is 2.03. The smallest absolute Gasteiger partial charge is 0.0298 e. The number of nitrogens with zero attached hydrogens (tertiary/aromatic N) is 1. The van der Waals surface area contributed by atoms with Crippen molar-refractivity contribution in [1.82, 2.24) is 0 Å². The molecule has 0 aliphatic heterocycles.